The third-order valence-electron chi connectivity index (χ3n) is 3.16. The molecule has 0 spiro atoms. The number of anilines is 1. The molecule has 0 aliphatic rings. The van der Waals surface area contributed by atoms with Gasteiger partial charge in [0.2, 0.25) is 11.1 Å². The summed E-state index contributed by atoms with van der Waals surface area (Å²) in [6, 6.07) is 5.46. The van der Waals surface area contributed by atoms with Gasteiger partial charge in [0, 0.05) is 0 Å². The van der Waals surface area contributed by atoms with Gasteiger partial charge in [0.1, 0.15) is 0 Å². The van der Waals surface area contributed by atoms with Crippen LogP contribution in [0, 0.1) is 17.5 Å². The predicted octanol–water partition coefficient (Wildman–Crippen LogP) is 4.07. The highest BCUT2D eigenvalue weighted by molar-refractivity contribution is 8.00. The highest BCUT2D eigenvalue weighted by atomic mass is 32.2. The Kier molecular flexibility index (Phi) is 5.09. The molecule has 1 aromatic carbocycles. The van der Waals surface area contributed by atoms with Crippen LogP contribution in [0.2, 0.25) is 0 Å². The monoisotopic (exact) mass is 384 g/mol. The number of amides is 1. The number of halogens is 3. The lowest BCUT2D eigenvalue weighted by molar-refractivity contribution is -0.115. The van der Waals surface area contributed by atoms with Crippen molar-refractivity contribution in [2.75, 3.05) is 5.32 Å². The van der Waals surface area contributed by atoms with Gasteiger partial charge in [-0.25, -0.2) is 18.2 Å². The molecule has 10 heteroatoms. The molecule has 0 saturated carbocycles. The number of benzene rings is 1. The summed E-state index contributed by atoms with van der Waals surface area (Å²) in [5.74, 6) is -4.40. The molecule has 1 amide bonds. The van der Waals surface area contributed by atoms with Crippen LogP contribution in [-0.2, 0) is 4.79 Å². The van der Waals surface area contributed by atoms with Crippen molar-refractivity contribution in [2.24, 2.45) is 0 Å². The maximum Gasteiger partial charge on any atom is 0.237 e. The summed E-state index contributed by atoms with van der Waals surface area (Å²) in [4.78, 5) is 17.3. The first-order valence-electron chi connectivity index (χ1n) is 7.03. The van der Waals surface area contributed by atoms with Gasteiger partial charge in [0.05, 0.1) is 15.8 Å². The van der Waals surface area contributed by atoms with Gasteiger partial charge < -0.3 is 5.32 Å². The molecule has 2 N–H and O–H groups in total. The number of nitrogens with one attached hydrogen (secondary N) is 2. The minimum Gasteiger partial charge on any atom is -0.323 e. The Hall–Kier alpha value is -2.33. The molecule has 3 rings (SSSR count). The van der Waals surface area contributed by atoms with Crippen molar-refractivity contribution in [1.82, 2.24) is 15.2 Å². The van der Waals surface area contributed by atoms with Crippen LogP contribution >= 0.6 is 23.1 Å². The number of aromatic amines is 1. The van der Waals surface area contributed by atoms with Crippen LogP contribution in [0.3, 0.4) is 0 Å². The molecular formula is C15H11F3N4OS2. The molecule has 0 fully saturated rings. The summed E-state index contributed by atoms with van der Waals surface area (Å²) in [5.41, 5.74) is -0.425. The third-order valence-corrected chi connectivity index (χ3v) is 5.00. The maximum atomic E-state index is 13.6. The second-order valence-electron chi connectivity index (χ2n) is 4.92. The molecular weight excluding hydrogens is 373 g/mol. The van der Waals surface area contributed by atoms with Crippen molar-refractivity contribution in [3.63, 3.8) is 0 Å². The van der Waals surface area contributed by atoms with E-state index >= 15 is 0 Å². The highest BCUT2D eigenvalue weighted by Crippen LogP contribution is 2.26. The summed E-state index contributed by atoms with van der Waals surface area (Å²) in [6.07, 6.45) is 0. The number of hydrogen-bond acceptors (Lipinski definition) is 5. The fourth-order valence-electron chi connectivity index (χ4n) is 1.89. The molecule has 3 aromatic rings. The first kappa shape index (κ1) is 17.5. The summed E-state index contributed by atoms with van der Waals surface area (Å²) < 4.78 is 39.7. The molecule has 0 aliphatic carbocycles. The third kappa shape index (κ3) is 3.85. The Morgan fingerprint density at radius 2 is 2.08 bits per heavy atom. The number of nitrogens with zero attached hydrogens (tertiary/aromatic N) is 2. The SMILES string of the molecule is C[C@H](Sc1n[nH]c(-c2cccs2)n1)C(=O)Nc1ccc(F)c(F)c1F. The summed E-state index contributed by atoms with van der Waals surface area (Å²) in [7, 11) is 0. The van der Waals surface area contributed by atoms with Gasteiger partial charge in [0.25, 0.3) is 0 Å². The topological polar surface area (TPSA) is 70.7 Å². The zero-order valence-corrected chi connectivity index (χ0v) is 14.4. The van der Waals surface area contributed by atoms with Crippen molar-refractivity contribution in [2.45, 2.75) is 17.3 Å². The molecule has 5 nitrogen and oxygen atoms in total. The van der Waals surface area contributed by atoms with Crippen molar-refractivity contribution in [1.29, 1.82) is 0 Å². The van der Waals surface area contributed by atoms with Gasteiger partial charge in [-0.3, -0.25) is 9.89 Å². The van der Waals surface area contributed by atoms with Crippen LogP contribution in [0.4, 0.5) is 18.9 Å². The molecule has 0 unspecified atom stereocenters. The van der Waals surface area contributed by atoms with Crippen molar-refractivity contribution in [3.05, 3.63) is 47.1 Å². The molecule has 0 aliphatic heterocycles. The van der Waals surface area contributed by atoms with Crippen molar-refractivity contribution in [3.8, 4) is 10.7 Å². The Morgan fingerprint density at radius 1 is 1.28 bits per heavy atom. The second-order valence-corrected chi connectivity index (χ2v) is 7.17. The van der Waals surface area contributed by atoms with Crippen LogP contribution in [-0.4, -0.2) is 26.3 Å². The number of hydrogen-bond donors (Lipinski definition) is 2. The number of carbonyl (C=O) groups is 1. The molecule has 2 heterocycles. The number of thiophene rings is 1. The summed E-state index contributed by atoms with van der Waals surface area (Å²) in [6.45, 7) is 1.57. The van der Waals surface area contributed by atoms with Crippen LogP contribution in [0.15, 0.2) is 34.8 Å². The van der Waals surface area contributed by atoms with E-state index in [1.54, 1.807) is 6.92 Å². The van der Waals surface area contributed by atoms with Gasteiger partial charge >= 0.3 is 0 Å². The van der Waals surface area contributed by atoms with Crippen LogP contribution in [0.5, 0.6) is 0 Å². The minimum absolute atomic E-state index is 0.344. The van der Waals surface area contributed by atoms with Gasteiger partial charge in [0.15, 0.2) is 23.3 Å². The van der Waals surface area contributed by atoms with E-state index in [0.717, 1.165) is 28.8 Å². The van der Waals surface area contributed by atoms with E-state index in [1.807, 2.05) is 17.5 Å². The number of thioether (sulfide) groups is 1. The number of rotatable bonds is 5. The normalized spacial score (nSPS) is 12.2. The van der Waals surface area contributed by atoms with E-state index in [9.17, 15) is 18.0 Å². The Labute approximate surface area is 148 Å². The lowest BCUT2D eigenvalue weighted by atomic mass is 10.2. The van der Waals surface area contributed by atoms with E-state index in [4.69, 9.17) is 0 Å². The largest absolute Gasteiger partial charge is 0.323 e. The molecule has 2 aromatic heterocycles. The first-order valence-corrected chi connectivity index (χ1v) is 8.79. The fraction of sp³-hybridized carbons (Fsp3) is 0.133. The van der Waals surface area contributed by atoms with E-state index in [1.165, 1.54) is 11.3 Å². The van der Waals surface area contributed by atoms with Crippen LogP contribution < -0.4 is 5.32 Å². The number of H-pyrrole nitrogens is 1. The first-order chi connectivity index (χ1) is 12.0. The van der Waals surface area contributed by atoms with Gasteiger partial charge in [-0.2, -0.15) is 0 Å². The van der Waals surface area contributed by atoms with E-state index < -0.39 is 34.3 Å². The Balaban J connectivity index is 1.66. The average Bonchev–Trinajstić information content (AvgIpc) is 3.26. The van der Waals surface area contributed by atoms with Crippen molar-refractivity contribution < 1.29 is 18.0 Å². The van der Waals surface area contributed by atoms with E-state index in [0.29, 0.717) is 11.0 Å². The summed E-state index contributed by atoms with van der Waals surface area (Å²) in [5, 5.41) is 10.6. The number of aromatic nitrogens is 3. The molecule has 0 radical (unpaired) electrons. The molecule has 130 valence electrons. The Bertz CT molecular complexity index is 898. The fourth-order valence-corrected chi connectivity index (χ4v) is 3.28. The van der Waals surface area contributed by atoms with Crippen molar-refractivity contribution >= 4 is 34.7 Å². The molecule has 0 saturated heterocycles. The molecule has 0 bridgehead atoms. The number of carbonyl (C=O) groups excluding carboxylic acids is 1. The smallest absolute Gasteiger partial charge is 0.237 e. The van der Waals surface area contributed by atoms with Crippen LogP contribution in [0.25, 0.3) is 10.7 Å². The minimum atomic E-state index is -1.63. The lowest BCUT2D eigenvalue weighted by Crippen LogP contribution is -2.23. The van der Waals surface area contributed by atoms with Gasteiger partial charge in [-0.15, -0.1) is 16.4 Å². The lowest BCUT2D eigenvalue weighted by Gasteiger charge is -2.11. The summed E-state index contributed by atoms with van der Waals surface area (Å²) >= 11 is 2.54. The standard InChI is InChI=1S/C15H11F3N4OS2/c1-7(14(23)19-9-5-4-8(16)11(17)12(9)18)25-15-20-13(21-22-15)10-3-2-6-24-10/h2-7H,1H3,(H,19,23)(H,20,21,22)/t7-/m0/s1. The van der Waals surface area contributed by atoms with E-state index in [-0.39, 0.29) is 0 Å². The highest BCUT2D eigenvalue weighted by Gasteiger charge is 2.21. The maximum absolute atomic E-state index is 13.6. The van der Waals surface area contributed by atoms with E-state index in [2.05, 4.69) is 20.5 Å². The molecule has 25 heavy (non-hydrogen) atoms. The quantitative estimate of drug-likeness (QED) is 0.514. The second kappa shape index (κ2) is 7.28. The predicted molar refractivity (Wildman–Crippen MR) is 90.0 cm³/mol. The van der Waals surface area contributed by atoms with Gasteiger partial charge in [-0.05, 0) is 30.5 Å². The zero-order chi connectivity index (χ0) is 18.0. The molecule has 1 atom stereocenters. The zero-order valence-electron chi connectivity index (χ0n) is 12.7. The Morgan fingerprint density at radius 3 is 2.80 bits per heavy atom. The average molecular weight is 384 g/mol. The van der Waals surface area contributed by atoms with Gasteiger partial charge in [-0.1, -0.05) is 17.8 Å². The van der Waals surface area contributed by atoms with Crippen LogP contribution in [0.1, 0.15) is 6.92 Å².